The van der Waals surface area contributed by atoms with E-state index in [0.717, 1.165) is 5.75 Å². The molecule has 20 heavy (non-hydrogen) atoms. The lowest BCUT2D eigenvalue weighted by atomic mass is 10.1. The number of amides is 1. The van der Waals surface area contributed by atoms with Crippen LogP contribution < -0.4 is 5.32 Å². The Hall–Kier alpha value is -1.78. The molecule has 0 saturated heterocycles. The molecule has 0 aliphatic carbocycles. The van der Waals surface area contributed by atoms with Gasteiger partial charge in [-0.15, -0.1) is 11.8 Å². The Bertz CT molecular complexity index is 540. The van der Waals surface area contributed by atoms with E-state index < -0.39 is 0 Å². The molecule has 0 atom stereocenters. The first kappa shape index (κ1) is 14.6. The molecule has 2 rings (SSSR count). The lowest BCUT2D eigenvalue weighted by molar-refractivity contribution is 0.0945. The van der Waals surface area contributed by atoms with Gasteiger partial charge in [0.15, 0.2) is 0 Å². The molecule has 0 aliphatic rings. The molecule has 2 N–H and O–H groups in total. The summed E-state index contributed by atoms with van der Waals surface area (Å²) >= 11 is 1.77. The third kappa shape index (κ3) is 4.40. The molecule has 2 aromatic rings. The predicted octanol–water partition coefficient (Wildman–Crippen LogP) is 2.70. The van der Waals surface area contributed by atoms with Gasteiger partial charge in [0.1, 0.15) is 0 Å². The second kappa shape index (κ2) is 7.72. The molecule has 0 heterocycles. The molecule has 0 fully saturated rings. The quantitative estimate of drug-likeness (QED) is 0.803. The van der Waals surface area contributed by atoms with Crippen molar-refractivity contribution in [1.82, 2.24) is 5.32 Å². The van der Waals surface area contributed by atoms with Crippen LogP contribution in [0, 0.1) is 0 Å². The summed E-state index contributed by atoms with van der Waals surface area (Å²) < 4.78 is 0. The van der Waals surface area contributed by atoms with Gasteiger partial charge in [0, 0.05) is 22.8 Å². The highest BCUT2D eigenvalue weighted by Crippen LogP contribution is 2.22. The second-order valence-corrected chi connectivity index (χ2v) is 5.33. The molecule has 3 nitrogen and oxygen atoms in total. The number of hydrogen-bond acceptors (Lipinski definition) is 3. The number of benzene rings is 2. The minimum Gasteiger partial charge on any atom is -0.395 e. The molecule has 2 aromatic carbocycles. The highest BCUT2D eigenvalue weighted by atomic mass is 32.2. The minimum absolute atomic E-state index is 0.0441. The summed E-state index contributed by atoms with van der Waals surface area (Å²) in [6, 6.07) is 17.8. The van der Waals surface area contributed by atoms with E-state index in [1.807, 2.05) is 42.5 Å². The van der Waals surface area contributed by atoms with Gasteiger partial charge in [0.25, 0.3) is 5.91 Å². The maximum atomic E-state index is 11.7. The molecule has 0 saturated carbocycles. The molecular formula is C16H17NO2S. The van der Waals surface area contributed by atoms with Crippen LogP contribution in [0.5, 0.6) is 0 Å². The van der Waals surface area contributed by atoms with Gasteiger partial charge in [-0.3, -0.25) is 4.79 Å². The Balaban J connectivity index is 1.90. The van der Waals surface area contributed by atoms with Crippen molar-refractivity contribution in [1.29, 1.82) is 0 Å². The highest BCUT2D eigenvalue weighted by Gasteiger charge is 2.04. The van der Waals surface area contributed by atoms with Crippen LogP contribution in [0.3, 0.4) is 0 Å². The normalized spacial score (nSPS) is 10.2. The van der Waals surface area contributed by atoms with Crippen LogP contribution in [0.15, 0.2) is 59.5 Å². The first-order valence-electron chi connectivity index (χ1n) is 6.45. The Kier molecular flexibility index (Phi) is 5.65. The predicted molar refractivity (Wildman–Crippen MR) is 81.9 cm³/mol. The second-order valence-electron chi connectivity index (χ2n) is 4.28. The molecule has 0 unspecified atom stereocenters. The number of carbonyl (C=O) groups is 1. The fourth-order valence-electron chi connectivity index (χ4n) is 1.71. The zero-order valence-corrected chi connectivity index (χ0v) is 11.9. The SMILES string of the molecule is O=C(NCCO)c1ccc(CSc2ccccc2)cc1. The van der Waals surface area contributed by atoms with Crippen molar-refractivity contribution in [2.45, 2.75) is 10.6 Å². The van der Waals surface area contributed by atoms with Crippen LogP contribution in [-0.4, -0.2) is 24.2 Å². The van der Waals surface area contributed by atoms with Gasteiger partial charge in [0.05, 0.1) is 6.61 Å². The first-order chi connectivity index (χ1) is 9.79. The van der Waals surface area contributed by atoms with Crippen molar-refractivity contribution < 1.29 is 9.90 Å². The molecule has 0 aromatic heterocycles. The summed E-state index contributed by atoms with van der Waals surface area (Å²) in [6.07, 6.45) is 0. The summed E-state index contributed by atoms with van der Waals surface area (Å²) in [5.74, 6) is 0.726. The van der Waals surface area contributed by atoms with Gasteiger partial charge >= 0.3 is 0 Å². The number of rotatable bonds is 6. The molecule has 0 radical (unpaired) electrons. The maximum Gasteiger partial charge on any atom is 0.251 e. The zero-order valence-electron chi connectivity index (χ0n) is 11.1. The van der Waals surface area contributed by atoms with Crippen molar-refractivity contribution in [3.05, 3.63) is 65.7 Å². The van der Waals surface area contributed by atoms with Crippen molar-refractivity contribution >= 4 is 17.7 Å². The van der Waals surface area contributed by atoms with E-state index >= 15 is 0 Å². The molecule has 1 amide bonds. The Morgan fingerprint density at radius 1 is 1.05 bits per heavy atom. The van der Waals surface area contributed by atoms with Gasteiger partial charge in [-0.05, 0) is 29.8 Å². The average Bonchev–Trinajstić information content (AvgIpc) is 2.52. The van der Waals surface area contributed by atoms with Crippen molar-refractivity contribution in [2.75, 3.05) is 13.2 Å². The standard InChI is InChI=1S/C16H17NO2S/c18-11-10-17-16(19)14-8-6-13(7-9-14)12-20-15-4-2-1-3-5-15/h1-9,18H,10-12H2,(H,17,19). The lowest BCUT2D eigenvalue weighted by Gasteiger charge is -2.05. The van der Waals surface area contributed by atoms with Crippen LogP contribution in [0.1, 0.15) is 15.9 Å². The summed E-state index contributed by atoms with van der Waals surface area (Å²) in [6.45, 7) is 0.238. The smallest absolute Gasteiger partial charge is 0.251 e. The zero-order chi connectivity index (χ0) is 14.2. The maximum absolute atomic E-state index is 11.7. The fraction of sp³-hybridized carbons (Fsp3) is 0.188. The van der Waals surface area contributed by atoms with Crippen LogP contribution >= 0.6 is 11.8 Å². The largest absolute Gasteiger partial charge is 0.395 e. The van der Waals surface area contributed by atoms with E-state index in [4.69, 9.17) is 5.11 Å². The third-order valence-corrected chi connectivity index (χ3v) is 3.85. The van der Waals surface area contributed by atoms with Crippen LogP contribution in [0.2, 0.25) is 0 Å². The van der Waals surface area contributed by atoms with Crippen LogP contribution in [0.4, 0.5) is 0 Å². The molecule has 4 heteroatoms. The Morgan fingerprint density at radius 2 is 1.75 bits per heavy atom. The number of carbonyl (C=O) groups excluding carboxylic acids is 1. The minimum atomic E-state index is -0.152. The highest BCUT2D eigenvalue weighted by molar-refractivity contribution is 7.98. The molecule has 0 bridgehead atoms. The van der Waals surface area contributed by atoms with E-state index in [1.54, 1.807) is 11.8 Å². The van der Waals surface area contributed by atoms with E-state index in [9.17, 15) is 4.79 Å². The van der Waals surface area contributed by atoms with Gasteiger partial charge in [0.2, 0.25) is 0 Å². The summed E-state index contributed by atoms with van der Waals surface area (Å²) in [5, 5.41) is 11.3. The Labute approximate surface area is 123 Å². The lowest BCUT2D eigenvalue weighted by Crippen LogP contribution is -2.26. The van der Waals surface area contributed by atoms with Gasteiger partial charge in [-0.1, -0.05) is 30.3 Å². The van der Waals surface area contributed by atoms with Gasteiger partial charge < -0.3 is 10.4 Å². The first-order valence-corrected chi connectivity index (χ1v) is 7.44. The van der Waals surface area contributed by atoms with E-state index in [1.165, 1.54) is 10.5 Å². The topological polar surface area (TPSA) is 49.3 Å². The third-order valence-electron chi connectivity index (χ3n) is 2.76. The molecular weight excluding hydrogens is 270 g/mol. The molecule has 0 aliphatic heterocycles. The van der Waals surface area contributed by atoms with Crippen molar-refractivity contribution in [3.63, 3.8) is 0 Å². The van der Waals surface area contributed by atoms with E-state index in [2.05, 4.69) is 17.4 Å². The summed E-state index contributed by atoms with van der Waals surface area (Å²) in [7, 11) is 0. The average molecular weight is 287 g/mol. The number of hydrogen-bond donors (Lipinski definition) is 2. The van der Waals surface area contributed by atoms with Gasteiger partial charge in [-0.25, -0.2) is 0 Å². The number of aliphatic hydroxyl groups excluding tert-OH is 1. The van der Waals surface area contributed by atoms with Crippen molar-refractivity contribution in [3.8, 4) is 0 Å². The monoisotopic (exact) mass is 287 g/mol. The number of aliphatic hydroxyl groups is 1. The number of thioether (sulfide) groups is 1. The van der Waals surface area contributed by atoms with E-state index in [0.29, 0.717) is 5.56 Å². The summed E-state index contributed by atoms with van der Waals surface area (Å²) in [5.41, 5.74) is 1.80. The molecule has 0 spiro atoms. The van der Waals surface area contributed by atoms with E-state index in [-0.39, 0.29) is 19.1 Å². The summed E-state index contributed by atoms with van der Waals surface area (Å²) in [4.78, 5) is 12.9. The van der Waals surface area contributed by atoms with Gasteiger partial charge in [-0.2, -0.15) is 0 Å². The fourth-order valence-corrected chi connectivity index (χ4v) is 2.58. The Morgan fingerprint density at radius 3 is 2.40 bits per heavy atom. The van der Waals surface area contributed by atoms with Crippen LogP contribution in [-0.2, 0) is 5.75 Å². The molecule has 104 valence electrons. The van der Waals surface area contributed by atoms with Crippen molar-refractivity contribution in [2.24, 2.45) is 0 Å². The van der Waals surface area contributed by atoms with Crippen LogP contribution in [0.25, 0.3) is 0 Å². The number of nitrogens with one attached hydrogen (secondary N) is 1.